The number of hydrogen-bond donors (Lipinski definition) is 0. The van der Waals surface area contributed by atoms with Crippen molar-refractivity contribution in [3.8, 4) is 11.5 Å². The molecule has 0 spiro atoms. The van der Waals surface area contributed by atoms with Gasteiger partial charge in [0, 0.05) is 45.3 Å². The van der Waals surface area contributed by atoms with Crippen LogP contribution in [0.2, 0.25) is 5.02 Å². The van der Waals surface area contributed by atoms with Gasteiger partial charge in [-0.25, -0.2) is 4.79 Å². The summed E-state index contributed by atoms with van der Waals surface area (Å²) in [7, 11) is 5.12. The van der Waals surface area contributed by atoms with Crippen LogP contribution in [0.4, 0.5) is 4.79 Å². The molecule has 3 amide bonds. The fraction of sp³-hybridized carbons (Fsp3) is 0.484. The predicted octanol–water partition coefficient (Wildman–Crippen LogP) is 6.35. The first-order valence-electron chi connectivity index (χ1n) is 14.1. The van der Waals surface area contributed by atoms with E-state index in [0.29, 0.717) is 37.0 Å². The summed E-state index contributed by atoms with van der Waals surface area (Å²) in [6.45, 7) is 6.88. The summed E-state index contributed by atoms with van der Waals surface area (Å²) in [5.74, 6) is 1.40. The SMILES string of the molecule is CCCCCOc1ccc(C(C)N2CCCN(Cc3cccc4c3c(Cl)cn4CC(=O)N(C)C)C2=O)cc1OC. The molecule has 2 heterocycles. The zero-order valence-electron chi connectivity index (χ0n) is 24.3. The van der Waals surface area contributed by atoms with Gasteiger partial charge in [0.1, 0.15) is 6.54 Å². The number of unbranched alkanes of at least 4 members (excludes halogenated alkanes) is 2. The van der Waals surface area contributed by atoms with Crippen molar-refractivity contribution in [1.82, 2.24) is 19.3 Å². The molecule has 0 N–H and O–H groups in total. The Morgan fingerprint density at radius 3 is 2.65 bits per heavy atom. The van der Waals surface area contributed by atoms with Crippen molar-refractivity contribution in [2.75, 3.05) is 40.9 Å². The molecule has 1 aliphatic heterocycles. The number of carbonyl (C=O) groups excluding carboxylic acids is 2. The number of rotatable bonds is 12. The smallest absolute Gasteiger partial charge is 0.320 e. The number of nitrogens with zero attached hydrogens (tertiary/aromatic N) is 4. The van der Waals surface area contributed by atoms with Crippen LogP contribution >= 0.6 is 11.6 Å². The molecule has 4 rings (SSSR count). The Balaban J connectivity index is 1.50. The average Bonchev–Trinajstić information content (AvgIpc) is 3.27. The third-order valence-corrected chi connectivity index (χ3v) is 7.88. The first-order valence-corrected chi connectivity index (χ1v) is 14.5. The Bertz CT molecular complexity index is 1340. The number of methoxy groups -OCH3 is 1. The molecule has 216 valence electrons. The second kappa shape index (κ2) is 13.3. The molecule has 1 fully saturated rings. The van der Waals surface area contributed by atoms with Crippen LogP contribution < -0.4 is 9.47 Å². The van der Waals surface area contributed by atoms with Crippen molar-refractivity contribution in [3.05, 3.63) is 58.7 Å². The number of halogens is 1. The van der Waals surface area contributed by atoms with E-state index < -0.39 is 0 Å². The zero-order valence-corrected chi connectivity index (χ0v) is 25.0. The summed E-state index contributed by atoms with van der Waals surface area (Å²) in [5, 5.41) is 1.46. The monoisotopic (exact) mass is 568 g/mol. The number of fused-ring (bicyclic) bond motifs is 1. The van der Waals surface area contributed by atoms with Gasteiger partial charge < -0.3 is 28.7 Å². The highest BCUT2D eigenvalue weighted by atomic mass is 35.5. The molecule has 0 radical (unpaired) electrons. The third-order valence-electron chi connectivity index (χ3n) is 7.60. The van der Waals surface area contributed by atoms with E-state index in [-0.39, 0.29) is 24.5 Å². The molecule has 0 bridgehead atoms. The Morgan fingerprint density at radius 2 is 1.93 bits per heavy atom. The van der Waals surface area contributed by atoms with E-state index in [0.717, 1.165) is 53.5 Å². The van der Waals surface area contributed by atoms with Gasteiger partial charge in [-0.1, -0.05) is 49.6 Å². The van der Waals surface area contributed by atoms with E-state index in [1.165, 1.54) is 0 Å². The highest BCUT2D eigenvalue weighted by molar-refractivity contribution is 6.36. The van der Waals surface area contributed by atoms with Gasteiger partial charge in [0.2, 0.25) is 5.91 Å². The van der Waals surface area contributed by atoms with Gasteiger partial charge in [-0.2, -0.15) is 0 Å². The summed E-state index contributed by atoms with van der Waals surface area (Å²) in [4.78, 5) is 31.4. The molecule has 0 saturated carbocycles. The number of benzene rings is 2. The number of aromatic nitrogens is 1. The van der Waals surface area contributed by atoms with Crippen LogP contribution in [0.15, 0.2) is 42.6 Å². The van der Waals surface area contributed by atoms with Gasteiger partial charge in [0.05, 0.1) is 30.3 Å². The molecule has 40 heavy (non-hydrogen) atoms. The minimum atomic E-state index is -0.129. The van der Waals surface area contributed by atoms with E-state index in [2.05, 4.69) is 13.8 Å². The molecule has 8 nitrogen and oxygen atoms in total. The second-order valence-electron chi connectivity index (χ2n) is 10.6. The number of amides is 3. The molecule has 1 atom stereocenters. The van der Waals surface area contributed by atoms with Crippen LogP contribution in [-0.4, -0.2) is 72.1 Å². The normalized spacial score (nSPS) is 14.5. The Hall–Kier alpha value is -3.39. The quantitative estimate of drug-likeness (QED) is 0.239. The van der Waals surface area contributed by atoms with Gasteiger partial charge >= 0.3 is 6.03 Å². The summed E-state index contributed by atoms with van der Waals surface area (Å²) in [5.41, 5.74) is 2.85. The lowest BCUT2D eigenvalue weighted by Crippen LogP contribution is -2.49. The molecule has 3 aromatic rings. The molecular formula is C31H41ClN4O4. The lowest BCUT2D eigenvalue weighted by Gasteiger charge is -2.39. The first kappa shape index (κ1) is 29.6. The van der Waals surface area contributed by atoms with Gasteiger partial charge in [0.25, 0.3) is 0 Å². The second-order valence-corrected chi connectivity index (χ2v) is 11.0. The first-order chi connectivity index (χ1) is 19.2. The number of likely N-dealkylation sites (N-methyl/N-ethyl adjacent to an activating group) is 1. The van der Waals surface area contributed by atoms with Crippen molar-refractivity contribution in [1.29, 1.82) is 0 Å². The fourth-order valence-corrected chi connectivity index (χ4v) is 5.55. The summed E-state index contributed by atoms with van der Waals surface area (Å²) in [6.07, 6.45) is 5.95. The molecule has 0 aliphatic carbocycles. The van der Waals surface area contributed by atoms with Crippen molar-refractivity contribution in [2.45, 2.75) is 58.7 Å². The Labute approximate surface area is 242 Å². The van der Waals surface area contributed by atoms with E-state index in [4.69, 9.17) is 21.1 Å². The van der Waals surface area contributed by atoms with Gasteiger partial charge in [-0.3, -0.25) is 4.79 Å². The molecule has 9 heteroatoms. The number of hydrogen-bond acceptors (Lipinski definition) is 4. The van der Waals surface area contributed by atoms with Crippen LogP contribution in [0.3, 0.4) is 0 Å². The fourth-order valence-electron chi connectivity index (χ4n) is 5.22. The summed E-state index contributed by atoms with van der Waals surface area (Å²) >= 11 is 6.67. The maximum absolute atomic E-state index is 13.7. The zero-order chi connectivity index (χ0) is 28.8. The lowest BCUT2D eigenvalue weighted by molar-refractivity contribution is -0.129. The van der Waals surface area contributed by atoms with E-state index in [9.17, 15) is 9.59 Å². The summed E-state index contributed by atoms with van der Waals surface area (Å²) in [6, 6.07) is 11.7. The third kappa shape index (κ3) is 6.49. The Morgan fingerprint density at radius 1 is 1.12 bits per heavy atom. The maximum Gasteiger partial charge on any atom is 0.320 e. The van der Waals surface area contributed by atoms with Crippen molar-refractivity contribution >= 4 is 34.4 Å². The van der Waals surface area contributed by atoms with Gasteiger partial charge in [-0.15, -0.1) is 0 Å². The molecule has 1 aromatic heterocycles. The highest BCUT2D eigenvalue weighted by Gasteiger charge is 2.31. The number of urea groups is 1. The average molecular weight is 569 g/mol. The van der Waals surface area contributed by atoms with Crippen LogP contribution in [0, 0.1) is 0 Å². The number of carbonyl (C=O) groups is 2. The molecule has 1 saturated heterocycles. The maximum atomic E-state index is 13.7. The van der Waals surface area contributed by atoms with E-state index >= 15 is 0 Å². The van der Waals surface area contributed by atoms with Crippen molar-refractivity contribution in [3.63, 3.8) is 0 Å². The molecular weight excluding hydrogens is 528 g/mol. The minimum absolute atomic E-state index is 0.00653. The Kier molecular flexibility index (Phi) is 9.85. The predicted molar refractivity (Wildman–Crippen MR) is 159 cm³/mol. The minimum Gasteiger partial charge on any atom is -0.493 e. The largest absolute Gasteiger partial charge is 0.493 e. The van der Waals surface area contributed by atoms with Crippen LogP contribution in [0.5, 0.6) is 11.5 Å². The molecule has 2 aromatic carbocycles. The van der Waals surface area contributed by atoms with Gasteiger partial charge in [-0.05, 0) is 49.1 Å². The standard InChI is InChI=1S/C31H41ClN4O4/c1-6-7-8-17-40-27-14-13-23(18-28(27)39-5)22(2)36-16-10-15-34(31(36)38)19-24-11-9-12-26-30(24)25(32)20-35(26)21-29(37)33(3)4/h9,11-14,18,20,22H,6-8,10,15-17,19,21H2,1-5H3. The van der Waals surface area contributed by atoms with E-state index in [1.807, 2.05) is 50.8 Å². The lowest BCUT2D eigenvalue weighted by atomic mass is 10.0. The molecule has 1 unspecified atom stereocenters. The van der Waals surface area contributed by atoms with Crippen molar-refractivity contribution < 1.29 is 19.1 Å². The molecule has 1 aliphatic rings. The topological polar surface area (TPSA) is 67.2 Å². The van der Waals surface area contributed by atoms with Crippen molar-refractivity contribution in [2.24, 2.45) is 0 Å². The van der Waals surface area contributed by atoms with E-state index in [1.54, 1.807) is 32.3 Å². The number of ether oxygens (including phenoxy) is 2. The van der Waals surface area contributed by atoms with Crippen LogP contribution in [-0.2, 0) is 17.9 Å². The summed E-state index contributed by atoms with van der Waals surface area (Å²) < 4.78 is 13.4. The highest BCUT2D eigenvalue weighted by Crippen LogP contribution is 2.35. The van der Waals surface area contributed by atoms with Crippen LogP contribution in [0.25, 0.3) is 10.9 Å². The van der Waals surface area contributed by atoms with Crippen LogP contribution in [0.1, 0.15) is 56.7 Å². The van der Waals surface area contributed by atoms with Gasteiger partial charge in [0.15, 0.2) is 11.5 Å².